The van der Waals surface area contributed by atoms with E-state index < -0.39 is 0 Å². The SMILES string of the molecule is C=C(C)C12CCC3(C1)C(C)CC=CC3(C)O2. The largest absolute Gasteiger partial charge is 0.360 e. The Balaban J connectivity index is 2.10. The summed E-state index contributed by atoms with van der Waals surface area (Å²) in [5.74, 6) is 0.742. The van der Waals surface area contributed by atoms with Crippen molar-refractivity contribution in [1.82, 2.24) is 0 Å². The van der Waals surface area contributed by atoms with Gasteiger partial charge in [0.05, 0.1) is 11.2 Å². The van der Waals surface area contributed by atoms with Gasteiger partial charge in [-0.05, 0) is 51.0 Å². The predicted molar refractivity (Wildman–Crippen MR) is 66.2 cm³/mol. The molecule has 1 saturated carbocycles. The molecular weight excluding hydrogens is 196 g/mol. The summed E-state index contributed by atoms with van der Waals surface area (Å²) in [5.41, 5.74) is 1.54. The van der Waals surface area contributed by atoms with Crippen LogP contribution in [0.1, 0.15) is 46.5 Å². The van der Waals surface area contributed by atoms with Crippen molar-refractivity contribution in [2.24, 2.45) is 11.3 Å². The van der Waals surface area contributed by atoms with Gasteiger partial charge in [-0.1, -0.05) is 25.7 Å². The van der Waals surface area contributed by atoms with Crippen LogP contribution in [0.5, 0.6) is 0 Å². The van der Waals surface area contributed by atoms with Crippen LogP contribution < -0.4 is 0 Å². The highest BCUT2D eigenvalue weighted by atomic mass is 16.5. The van der Waals surface area contributed by atoms with Crippen molar-refractivity contribution in [2.45, 2.75) is 57.7 Å². The van der Waals surface area contributed by atoms with Crippen LogP contribution in [0.2, 0.25) is 0 Å². The Morgan fingerprint density at radius 1 is 1.44 bits per heavy atom. The van der Waals surface area contributed by atoms with Crippen molar-refractivity contribution >= 4 is 0 Å². The number of hydrogen-bond acceptors (Lipinski definition) is 1. The number of ether oxygens (including phenoxy) is 1. The van der Waals surface area contributed by atoms with Gasteiger partial charge in [-0.3, -0.25) is 0 Å². The molecule has 2 bridgehead atoms. The summed E-state index contributed by atoms with van der Waals surface area (Å²) in [6, 6.07) is 0. The first kappa shape index (κ1) is 10.6. The van der Waals surface area contributed by atoms with Gasteiger partial charge < -0.3 is 4.74 Å². The summed E-state index contributed by atoms with van der Waals surface area (Å²) in [4.78, 5) is 0. The lowest BCUT2D eigenvalue weighted by molar-refractivity contribution is -0.126. The van der Waals surface area contributed by atoms with Crippen LogP contribution in [-0.4, -0.2) is 11.2 Å². The van der Waals surface area contributed by atoms with Gasteiger partial charge >= 0.3 is 0 Å². The van der Waals surface area contributed by atoms with Crippen molar-refractivity contribution < 1.29 is 4.74 Å². The third-order valence-corrected chi connectivity index (χ3v) is 5.62. The second kappa shape index (κ2) is 2.81. The fourth-order valence-corrected chi connectivity index (χ4v) is 4.41. The highest BCUT2D eigenvalue weighted by molar-refractivity contribution is 5.31. The molecule has 2 fully saturated rings. The van der Waals surface area contributed by atoms with Crippen LogP contribution in [-0.2, 0) is 4.74 Å². The standard InChI is InChI=1S/C15H22O/c1-11(2)15-9-8-14(10-15)12(3)6-5-7-13(14,4)16-15/h5,7,12H,1,6,8-10H2,2-4H3. The van der Waals surface area contributed by atoms with E-state index >= 15 is 0 Å². The minimum atomic E-state index is -0.0398. The second-order valence-electron chi connectivity index (χ2n) is 6.36. The minimum absolute atomic E-state index is 0.0162. The van der Waals surface area contributed by atoms with Crippen LogP contribution in [0.4, 0.5) is 0 Å². The topological polar surface area (TPSA) is 9.23 Å². The minimum Gasteiger partial charge on any atom is -0.360 e. The maximum absolute atomic E-state index is 6.48. The van der Waals surface area contributed by atoms with Crippen molar-refractivity contribution in [3.63, 3.8) is 0 Å². The molecule has 4 atom stereocenters. The molecule has 4 unspecified atom stereocenters. The van der Waals surface area contributed by atoms with Crippen LogP contribution >= 0.6 is 0 Å². The molecule has 2 aliphatic carbocycles. The third-order valence-electron chi connectivity index (χ3n) is 5.62. The van der Waals surface area contributed by atoms with Gasteiger partial charge in [-0.2, -0.15) is 0 Å². The van der Waals surface area contributed by atoms with Gasteiger partial charge in [0.2, 0.25) is 0 Å². The molecule has 0 N–H and O–H groups in total. The molecule has 0 radical (unpaired) electrons. The van der Waals surface area contributed by atoms with E-state index in [2.05, 4.69) is 39.5 Å². The number of rotatable bonds is 1. The molecule has 1 nitrogen and oxygen atoms in total. The van der Waals surface area contributed by atoms with Crippen LogP contribution in [0.3, 0.4) is 0 Å². The van der Waals surface area contributed by atoms with E-state index in [1.54, 1.807) is 0 Å². The molecule has 1 aliphatic heterocycles. The van der Waals surface area contributed by atoms with E-state index in [1.807, 2.05) is 0 Å². The Hall–Kier alpha value is -0.560. The van der Waals surface area contributed by atoms with Crippen molar-refractivity contribution in [3.8, 4) is 0 Å². The van der Waals surface area contributed by atoms with Crippen LogP contribution in [0.15, 0.2) is 24.3 Å². The normalized spacial score (nSPS) is 54.1. The maximum Gasteiger partial charge on any atom is 0.0906 e. The van der Waals surface area contributed by atoms with E-state index in [9.17, 15) is 0 Å². The summed E-state index contributed by atoms with van der Waals surface area (Å²) in [7, 11) is 0. The van der Waals surface area contributed by atoms with E-state index in [1.165, 1.54) is 31.3 Å². The lowest BCUT2D eigenvalue weighted by atomic mass is 9.61. The van der Waals surface area contributed by atoms with E-state index in [4.69, 9.17) is 4.74 Å². The molecule has 88 valence electrons. The van der Waals surface area contributed by atoms with E-state index in [-0.39, 0.29) is 11.2 Å². The number of allylic oxidation sites excluding steroid dienone is 1. The van der Waals surface area contributed by atoms with Crippen LogP contribution in [0, 0.1) is 11.3 Å². The van der Waals surface area contributed by atoms with E-state index in [0.717, 1.165) is 5.92 Å². The molecule has 3 rings (SSSR count). The zero-order valence-electron chi connectivity index (χ0n) is 10.7. The summed E-state index contributed by atoms with van der Waals surface area (Å²) >= 11 is 0. The summed E-state index contributed by atoms with van der Waals surface area (Å²) < 4.78 is 6.48. The molecule has 3 aliphatic rings. The summed E-state index contributed by atoms with van der Waals surface area (Å²) in [6.45, 7) is 11.0. The van der Waals surface area contributed by atoms with Crippen LogP contribution in [0.25, 0.3) is 0 Å². The highest BCUT2D eigenvalue weighted by Gasteiger charge is 2.68. The molecule has 1 heteroatoms. The first-order valence-electron chi connectivity index (χ1n) is 6.48. The quantitative estimate of drug-likeness (QED) is 0.607. The molecule has 1 spiro atoms. The molecule has 1 saturated heterocycles. The average molecular weight is 218 g/mol. The molecule has 1 heterocycles. The van der Waals surface area contributed by atoms with Crippen molar-refractivity contribution in [2.75, 3.05) is 0 Å². The number of hydrogen-bond donors (Lipinski definition) is 0. The summed E-state index contributed by atoms with van der Waals surface area (Å²) in [6.07, 6.45) is 9.51. The first-order valence-corrected chi connectivity index (χ1v) is 6.48. The third kappa shape index (κ3) is 0.964. The average Bonchev–Trinajstić information content (AvgIpc) is 2.70. The molecule has 0 aromatic rings. The van der Waals surface area contributed by atoms with Gasteiger partial charge in [0, 0.05) is 5.41 Å². The molecule has 0 aromatic carbocycles. The fourth-order valence-electron chi connectivity index (χ4n) is 4.41. The Morgan fingerprint density at radius 3 is 2.81 bits per heavy atom. The lowest BCUT2D eigenvalue weighted by Gasteiger charge is -2.49. The predicted octanol–water partition coefficient (Wildman–Crippen LogP) is 3.86. The molecule has 16 heavy (non-hydrogen) atoms. The van der Waals surface area contributed by atoms with Gasteiger partial charge in [0.1, 0.15) is 0 Å². The van der Waals surface area contributed by atoms with Gasteiger partial charge in [-0.15, -0.1) is 0 Å². The Morgan fingerprint density at radius 2 is 2.19 bits per heavy atom. The Bertz CT molecular complexity index is 383. The van der Waals surface area contributed by atoms with E-state index in [0.29, 0.717) is 5.41 Å². The van der Waals surface area contributed by atoms with Gasteiger partial charge in [0.25, 0.3) is 0 Å². The second-order valence-corrected chi connectivity index (χ2v) is 6.36. The molecule has 0 amide bonds. The first-order chi connectivity index (χ1) is 7.44. The fraction of sp³-hybridized carbons (Fsp3) is 0.733. The van der Waals surface area contributed by atoms with Crippen molar-refractivity contribution in [1.29, 1.82) is 0 Å². The summed E-state index contributed by atoms with van der Waals surface area (Å²) in [5, 5.41) is 0. The maximum atomic E-state index is 6.48. The molecular formula is C15H22O. The highest BCUT2D eigenvalue weighted by Crippen LogP contribution is 2.68. The van der Waals surface area contributed by atoms with Gasteiger partial charge in [0.15, 0.2) is 0 Å². The zero-order chi connectivity index (χ0) is 11.6. The molecule has 0 aromatic heterocycles. The zero-order valence-corrected chi connectivity index (χ0v) is 10.7. The smallest absolute Gasteiger partial charge is 0.0906 e. The van der Waals surface area contributed by atoms with Crippen molar-refractivity contribution in [3.05, 3.63) is 24.3 Å². The number of fused-ring (bicyclic) bond motifs is 1. The Kier molecular flexibility index (Phi) is 1.86. The lowest BCUT2D eigenvalue weighted by Crippen LogP contribution is -2.49. The van der Waals surface area contributed by atoms with Gasteiger partial charge in [-0.25, -0.2) is 0 Å². The Labute approximate surface area is 98.6 Å². The monoisotopic (exact) mass is 218 g/mol.